The van der Waals surface area contributed by atoms with Gasteiger partial charge in [-0.1, -0.05) is 42.5 Å². The summed E-state index contributed by atoms with van der Waals surface area (Å²) in [4.78, 5) is 16.7. The lowest BCUT2D eigenvalue weighted by atomic mass is 10.0. The minimum absolute atomic E-state index is 0.148. The van der Waals surface area contributed by atoms with Gasteiger partial charge in [-0.25, -0.2) is 0 Å². The molecule has 0 aromatic heterocycles. The van der Waals surface area contributed by atoms with Crippen LogP contribution in [0.5, 0.6) is 0 Å². The molecule has 7 heteroatoms. The van der Waals surface area contributed by atoms with Crippen LogP contribution in [0.25, 0.3) is 11.1 Å². The largest absolute Gasteiger partial charge is 0.406 e. The maximum Gasteiger partial charge on any atom is 0.406 e. The molecule has 4 nitrogen and oxygen atoms in total. The highest BCUT2D eigenvalue weighted by molar-refractivity contribution is 6.05. The Kier molecular flexibility index (Phi) is 4.11. The summed E-state index contributed by atoms with van der Waals surface area (Å²) in [5.41, 5.74) is 7.67. The number of alkyl halides is 3. The number of carbonyl (C=O) groups excluding carboxylic acids is 1. The van der Waals surface area contributed by atoms with Crippen molar-refractivity contribution in [2.24, 2.45) is 10.7 Å². The zero-order valence-corrected chi connectivity index (χ0v) is 12.5. The molecule has 1 amide bonds. The minimum atomic E-state index is -4.54. The molecule has 2 aromatic rings. The van der Waals surface area contributed by atoms with E-state index in [1.165, 1.54) is 6.21 Å². The van der Waals surface area contributed by atoms with Crippen molar-refractivity contribution in [3.05, 3.63) is 54.1 Å². The Morgan fingerprint density at radius 1 is 1.08 bits per heavy atom. The number of anilines is 1. The highest BCUT2D eigenvalue weighted by atomic mass is 19.4. The molecule has 2 aromatic carbocycles. The molecule has 0 radical (unpaired) electrons. The number of benzene rings is 2. The van der Waals surface area contributed by atoms with Crippen molar-refractivity contribution in [1.82, 2.24) is 0 Å². The van der Waals surface area contributed by atoms with Gasteiger partial charge < -0.3 is 5.73 Å². The second-order valence-electron chi connectivity index (χ2n) is 5.40. The molecule has 1 aliphatic rings. The first-order valence-electron chi connectivity index (χ1n) is 7.21. The fraction of sp³-hybridized carbons (Fsp3) is 0.176. The zero-order valence-electron chi connectivity index (χ0n) is 12.5. The lowest BCUT2D eigenvalue weighted by Crippen LogP contribution is -2.46. The summed E-state index contributed by atoms with van der Waals surface area (Å²) >= 11 is 0. The molecular weight excluding hydrogens is 319 g/mol. The number of aliphatic imine (C=N–C) groups is 1. The SMILES string of the molecule is NC1N=Cc2ccc(-c3ccccc3)cc2N(CC(F)(F)F)C1=O. The highest BCUT2D eigenvalue weighted by Crippen LogP contribution is 2.31. The number of fused-ring (bicyclic) bond motifs is 1. The predicted octanol–water partition coefficient (Wildman–Crippen LogP) is 2.97. The second kappa shape index (κ2) is 6.09. The Labute approximate surface area is 136 Å². The van der Waals surface area contributed by atoms with Crippen molar-refractivity contribution < 1.29 is 18.0 Å². The van der Waals surface area contributed by atoms with Crippen molar-refractivity contribution in [2.45, 2.75) is 12.3 Å². The summed E-state index contributed by atoms with van der Waals surface area (Å²) < 4.78 is 38.7. The van der Waals surface area contributed by atoms with E-state index in [1.807, 2.05) is 30.3 Å². The van der Waals surface area contributed by atoms with Gasteiger partial charge >= 0.3 is 6.18 Å². The monoisotopic (exact) mass is 333 g/mol. The molecule has 0 aliphatic carbocycles. The molecule has 2 N–H and O–H groups in total. The average Bonchev–Trinajstić information content (AvgIpc) is 2.66. The van der Waals surface area contributed by atoms with Crippen molar-refractivity contribution in [1.29, 1.82) is 0 Å². The van der Waals surface area contributed by atoms with Crippen LogP contribution in [0.2, 0.25) is 0 Å². The Bertz CT molecular complexity index is 787. The highest BCUT2D eigenvalue weighted by Gasteiger charge is 2.37. The number of rotatable bonds is 2. The maximum absolute atomic E-state index is 12.9. The molecule has 0 saturated carbocycles. The fourth-order valence-electron chi connectivity index (χ4n) is 2.54. The molecular formula is C17H14F3N3O. The number of hydrogen-bond acceptors (Lipinski definition) is 3. The van der Waals surface area contributed by atoms with Crippen molar-refractivity contribution in [3.8, 4) is 11.1 Å². The van der Waals surface area contributed by atoms with Crippen LogP contribution in [0.1, 0.15) is 5.56 Å². The summed E-state index contributed by atoms with van der Waals surface area (Å²) in [5, 5.41) is 0. The lowest BCUT2D eigenvalue weighted by Gasteiger charge is -2.25. The molecule has 0 bridgehead atoms. The number of benzodiazepines with no additional fused rings is 1. The smallest absolute Gasteiger partial charge is 0.302 e. The van der Waals surface area contributed by atoms with E-state index < -0.39 is 24.8 Å². The quantitative estimate of drug-likeness (QED) is 0.918. The molecule has 1 unspecified atom stereocenters. The lowest BCUT2D eigenvalue weighted by molar-refractivity contribution is -0.133. The van der Waals surface area contributed by atoms with E-state index in [0.29, 0.717) is 16.0 Å². The van der Waals surface area contributed by atoms with Gasteiger partial charge in [0.25, 0.3) is 5.91 Å². The van der Waals surface area contributed by atoms with Crippen LogP contribution in [0, 0.1) is 0 Å². The Morgan fingerprint density at radius 2 is 1.79 bits per heavy atom. The van der Waals surface area contributed by atoms with Crippen LogP contribution >= 0.6 is 0 Å². The van der Waals surface area contributed by atoms with Gasteiger partial charge in [-0.05, 0) is 17.2 Å². The van der Waals surface area contributed by atoms with Crippen LogP contribution in [0.4, 0.5) is 18.9 Å². The summed E-state index contributed by atoms with van der Waals surface area (Å²) in [6.45, 7) is -1.41. The van der Waals surface area contributed by atoms with E-state index in [9.17, 15) is 18.0 Å². The summed E-state index contributed by atoms with van der Waals surface area (Å²) in [5.74, 6) is -0.882. The summed E-state index contributed by atoms with van der Waals surface area (Å²) in [6.07, 6.45) is -4.55. The van der Waals surface area contributed by atoms with E-state index >= 15 is 0 Å². The van der Waals surface area contributed by atoms with Crippen LogP contribution in [0.3, 0.4) is 0 Å². The third kappa shape index (κ3) is 3.30. The van der Waals surface area contributed by atoms with Crippen LogP contribution < -0.4 is 10.6 Å². The van der Waals surface area contributed by atoms with Gasteiger partial charge in [0, 0.05) is 11.8 Å². The summed E-state index contributed by atoms with van der Waals surface area (Å²) in [7, 11) is 0. The molecule has 0 spiro atoms. The number of amides is 1. The molecule has 124 valence electrons. The van der Waals surface area contributed by atoms with Gasteiger partial charge in [0.15, 0.2) is 6.17 Å². The van der Waals surface area contributed by atoms with Gasteiger partial charge in [0.2, 0.25) is 0 Å². The molecule has 0 saturated heterocycles. The first kappa shape index (κ1) is 16.2. The topological polar surface area (TPSA) is 58.7 Å². The van der Waals surface area contributed by atoms with Crippen molar-refractivity contribution in [3.63, 3.8) is 0 Å². The van der Waals surface area contributed by atoms with Gasteiger partial charge in [-0.3, -0.25) is 14.7 Å². The van der Waals surface area contributed by atoms with Crippen LogP contribution in [-0.4, -0.2) is 31.0 Å². The van der Waals surface area contributed by atoms with Gasteiger partial charge in [0.05, 0.1) is 5.69 Å². The van der Waals surface area contributed by atoms with Gasteiger partial charge in [0.1, 0.15) is 6.54 Å². The van der Waals surface area contributed by atoms with Gasteiger partial charge in [-0.15, -0.1) is 0 Å². The predicted molar refractivity (Wildman–Crippen MR) is 85.9 cm³/mol. The number of nitrogens with two attached hydrogens (primary N) is 1. The molecule has 1 heterocycles. The van der Waals surface area contributed by atoms with E-state index in [0.717, 1.165) is 5.56 Å². The molecule has 3 rings (SSSR count). The van der Waals surface area contributed by atoms with Crippen LogP contribution in [0.15, 0.2) is 53.5 Å². The fourth-order valence-corrected chi connectivity index (χ4v) is 2.54. The van der Waals surface area contributed by atoms with E-state index in [-0.39, 0.29) is 5.69 Å². The third-order valence-corrected chi connectivity index (χ3v) is 3.66. The standard InChI is InChI=1S/C17H14F3N3O/c18-17(19,20)10-23-14-8-12(11-4-2-1-3-5-11)6-7-13(14)9-22-15(21)16(23)24/h1-9,15H,10,21H2. The Hall–Kier alpha value is -2.67. The van der Waals surface area contributed by atoms with E-state index in [4.69, 9.17) is 5.73 Å². The molecule has 24 heavy (non-hydrogen) atoms. The number of nitrogens with zero attached hydrogens (tertiary/aromatic N) is 2. The molecule has 1 aliphatic heterocycles. The Balaban J connectivity index is 2.11. The van der Waals surface area contributed by atoms with E-state index in [2.05, 4.69) is 4.99 Å². The second-order valence-corrected chi connectivity index (χ2v) is 5.40. The van der Waals surface area contributed by atoms with E-state index in [1.54, 1.807) is 18.2 Å². The maximum atomic E-state index is 12.9. The van der Waals surface area contributed by atoms with Crippen molar-refractivity contribution in [2.75, 3.05) is 11.4 Å². The number of carbonyl (C=O) groups is 1. The third-order valence-electron chi connectivity index (χ3n) is 3.66. The van der Waals surface area contributed by atoms with Crippen molar-refractivity contribution >= 4 is 17.8 Å². The van der Waals surface area contributed by atoms with Crippen LogP contribution in [-0.2, 0) is 4.79 Å². The number of halogens is 3. The Morgan fingerprint density at radius 3 is 2.46 bits per heavy atom. The minimum Gasteiger partial charge on any atom is -0.302 e. The first-order chi connectivity index (χ1) is 11.3. The molecule has 0 fully saturated rings. The normalized spacial score (nSPS) is 17.6. The first-order valence-corrected chi connectivity index (χ1v) is 7.21. The average molecular weight is 333 g/mol. The molecule has 1 atom stereocenters. The summed E-state index contributed by atoms with van der Waals surface area (Å²) in [6, 6.07) is 14.1. The number of hydrogen-bond donors (Lipinski definition) is 1. The zero-order chi connectivity index (χ0) is 17.3. The van der Waals surface area contributed by atoms with Gasteiger partial charge in [-0.2, -0.15) is 13.2 Å².